The summed E-state index contributed by atoms with van der Waals surface area (Å²) in [6.45, 7) is 4.17. The number of alkyl halides is 6. The predicted octanol–water partition coefficient (Wildman–Crippen LogP) is 5.82. The Balaban J connectivity index is 1.55. The molecule has 0 bridgehead atoms. The molecular formula is C24H34F6O3. The predicted molar refractivity (Wildman–Crippen MR) is 108 cm³/mol. The molecule has 3 nitrogen and oxygen atoms in total. The third kappa shape index (κ3) is 3.74. The number of ketones is 1. The maximum atomic E-state index is 13.2. The van der Waals surface area contributed by atoms with E-state index in [0.29, 0.717) is 55.6 Å². The van der Waals surface area contributed by atoms with Crippen LogP contribution in [0.3, 0.4) is 0 Å². The van der Waals surface area contributed by atoms with E-state index in [4.69, 9.17) is 0 Å². The minimum absolute atomic E-state index is 0.0433. The van der Waals surface area contributed by atoms with Crippen molar-refractivity contribution in [3.63, 3.8) is 0 Å². The lowest BCUT2D eigenvalue weighted by Crippen LogP contribution is -2.59. The molecule has 9 heteroatoms. The van der Waals surface area contributed by atoms with Crippen molar-refractivity contribution in [3.05, 3.63) is 0 Å². The molecule has 4 rings (SSSR count). The number of rotatable bonds is 3. The highest BCUT2D eigenvalue weighted by Crippen LogP contribution is 2.68. The van der Waals surface area contributed by atoms with E-state index in [0.717, 1.165) is 25.7 Å². The number of fused-ring (bicyclic) bond motifs is 5. The standard InChI is InChI=1S/C24H34F6O3/c1-20-9-7-14(31)11-13(20)3-4-15-16-5-6-18(21(16,2)10-8-17(15)20)19(32)12-22(33,23(25,26)27)24(28,29)30/h13,15-19,32-33H,3-12H2,1-2H3/t13-,15-,16-,17-,18+,19+,20-,21-/m0/s1. The van der Waals surface area contributed by atoms with E-state index in [2.05, 4.69) is 6.92 Å². The molecular weight excluding hydrogens is 450 g/mol. The summed E-state index contributed by atoms with van der Waals surface area (Å²) in [5, 5.41) is 20.3. The SMILES string of the molecule is C[C@]12CCC(=O)C[C@@H]1CC[C@@H]1[C@@H]2CC[C@]2(C)[C@@H]([C@H](O)CC(O)(C(F)(F)F)C(F)(F)F)CC[C@@H]12. The van der Waals surface area contributed by atoms with Crippen LogP contribution in [0, 0.1) is 40.4 Å². The fourth-order valence-corrected chi connectivity index (χ4v) is 8.56. The van der Waals surface area contributed by atoms with Gasteiger partial charge in [-0.2, -0.15) is 26.3 Å². The Hall–Kier alpha value is -0.830. The van der Waals surface area contributed by atoms with Crippen molar-refractivity contribution >= 4 is 5.78 Å². The van der Waals surface area contributed by atoms with Gasteiger partial charge in [-0.05, 0) is 85.4 Å². The van der Waals surface area contributed by atoms with E-state index in [1.807, 2.05) is 6.92 Å². The normalized spacial score (nSPS) is 43.0. The zero-order valence-corrected chi connectivity index (χ0v) is 19.1. The van der Waals surface area contributed by atoms with Crippen LogP contribution in [-0.4, -0.2) is 40.1 Å². The molecule has 0 aromatic heterocycles. The zero-order valence-electron chi connectivity index (χ0n) is 19.1. The van der Waals surface area contributed by atoms with E-state index < -0.39 is 41.8 Å². The average Bonchev–Trinajstić information content (AvgIpc) is 3.04. The summed E-state index contributed by atoms with van der Waals surface area (Å²) in [6, 6.07) is 0. The molecule has 8 atom stereocenters. The molecule has 0 unspecified atom stereocenters. The number of hydrogen-bond acceptors (Lipinski definition) is 3. The molecule has 0 radical (unpaired) electrons. The minimum atomic E-state index is -5.92. The highest BCUT2D eigenvalue weighted by atomic mass is 19.4. The molecule has 4 saturated carbocycles. The monoisotopic (exact) mass is 484 g/mol. The minimum Gasteiger partial charge on any atom is -0.393 e. The van der Waals surface area contributed by atoms with Gasteiger partial charge in [0.25, 0.3) is 5.60 Å². The van der Waals surface area contributed by atoms with Gasteiger partial charge in [0.05, 0.1) is 6.10 Å². The number of halogens is 6. The molecule has 0 amide bonds. The number of hydrogen-bond donors (Lipinski definition) is 2. The lowest BCUT2D eigenvalue weighted by molar-refractivity contribution is -0.375. The Morgan fingerprint density at radius 1 is 0.909 bits per heavy atom. The van der Waals surface area contributed by atoms with Crippen molar-refractivity contribution < 1.29 is 41.4 Å². The molecule has 4 fully saturated rings. The molecule has 0 saturated heterocycles. The lowest BCUT2D eigenvalue weighted by Gasteiger charge is -2.60. The van der Waals surface area contributed by atoms with Crippen molar-refractivity contribution in [3.8, 4) is 0 Å². The molecule has 4 aliphatic rings. The number of aliphatic hydroxyl groups excluding tert-OH is 1. The first-order valence-corrected chi connectivity index (χ1v) is 12.1. The lowest BCUT2D eigenvalue weighted by atomic mass is 9.44. The number of Topliss-reactive ketones (excluding diaryl/α,β-unsaturated/α-hetero) is 1. The molecule has 0 spiro atoms. The Labute approximate surface area is 190 Å². The molecule has 4 aliphatic carbocycles. The maximum absolute atomic E-state index is 13.2. The van der Waals surface area contributed by atoms with Gasteiger partial charge in [-0.25, -0.2) is 0 Å². The van der Waals surface area contributed by atoms with Gasteiger partial charge in [0.1, 0.15) is 5.78 Å². The van der Waals surface area contributed by atoms with Crippen molar-refractivity contribution in [2.24, 2.45) is 40.4 Å². The van der Waals surface area contributed by atoms with Crippen LogP contribution in [0.5, 0.6) is 0 Å². The summed E-state index contributed by atoms with van der Waals surface area (Å²) < 4.78 is 79.3. The summed E-state index contributed by atoms with van der Waals surface area (Å²) in [5.74, 6) is 0.748. The molecule has 190 valence electrons. The van der Waals surface area contributed by atoms with Crippen LogP contribution < -0.4 is 0 Å². The van der Waals surface area contributed by atoms with Gasteiger partial charge in [0.2, 0.25) is 0 Å². The number of aliphatic hydroxyl groups is 2. The van der Waals surface area contributed by atoms with Crippen molar-refractivity contribution in [1.29, 1.82) is 0 Å². The van der Waals surface area contributed by atoms with Gasteiger partial charge in [-0.15, -0.1) is 0 Å². The largest absolute Gasteiger partial charge is 0.426 e. The zero-order chi connectivity index (χ0) is 24.6. The molecule has 0 heterocycles. The summed E-state index contributed by atoms with van der Waals surface area (Å²) in [4.78, 5) is 12.0. The highest BCUT2D eigenvalue weighted by Gasteiger charge is 2.71. The molecule has 0 aromatic rings. The van der Waals surface area contributed by atoms with E-state index in [9.17, 15) is 41.4 Å². The van der Waals surface area contributed by atoms with Crippen LogP contribution in [0.25, 0.3) is 0 Å². The van der Waals surface area contributed by atoms with Crippen LogP contribution in [0.4, 0.5) is 26.3 Å². The first kappa shape index (κ1) is 25.3. The van der Waals surface area contributed by atoms with Crippen molar-refractivity contribution in [2.75, 3.05) is 0 Å². The van der Waals surface area contributed by atoms with Gasteiger partial charge in [0.15, 0.2) is 0 Å². The van der Waals surface area contributed by atoms with Crippen LogP contribution in [0.2, 0.25) is 0 Å². The summed E-state index contributed by atoms with van der Waals surface area (Å²) >= 11 is 0. The molecule has 0 aromatic carbocycles. The van der Waals surface area contributed by atoms with Gasteiger partial charge in [0, 0.05) is 19.3 Å². The number of carbonyl (C=O) groups excluding carboxylic acids is 1. The molecule has 0 aliphatic heterocycles. The highest BCUT2D eigenvalue weighted by molar-refractivity contribution is 5.79. The topological polar surface area (TPSA) is 57.5 Å². The van der Waals surface area contributed by atoms with Crippen LogP contribution in [-0.2, 0) is 4.79 Å². The van der Waals surface area contributed by atoms with Gasteiger partial charge in [-0.3, -0.25) is 4.79 Å². The van der Waals surface area contributed by atoms with Gasteiger partial charge in [-0.1, -0.05) is 13.8 Å². The van der Waals surface area contributed by atoms with E-state index >= 15 is 0 Å². The Kier molecular flexibility index (Phi) is 6.00. The average molecular weight is 485 g/mol. The quantitative estimate of drug-likeness (QED) is 0.497. The Morgan fingerprint density at radius 3 is 2.12 bits per heavy atom. The second-order valence-electron chi connectivity index (χ2n) is 11.8. The van der Waals surface area contributed by atoms with E-state index in [-0.39, 0.29) is 11.3 Å². The summed E-state index contributed by atoms with van der Waals surface area (Å²) in [6.07, 6.45) is -9.21. The Bertz CT molecular complexity index is 765. The van der Waals surface area contributed by atoms with Crippen LogP contribution >= 0.6 is 0 Å². The first-order chi connectivity index (χ1) is 15.0. The molecule has 2 N–H and O–H groups in total. The van der Waals surface area contributed by atoms with Gasteiger partial charge >= 0.3 is 12.4 Å². The summed E-state index contributed by atoms with van der Waals surface area (Å²) in [7, 11) is 0. The summed E-state index contributed by atoms with van der Waals surface area (Å²) in [5.41, 5.74) is -5.45. The first-order valence-electron chi connectivity index (χ1n) is 12.1. The maximum Gasteiger partial charge on any atom is 0.426 e. The fourth-order valence-electron chi connectivity index (χ4n) is 8.56. The third-order valence-electron chi connectivity index (χ3n) is 10.5. The third-order valence-corrected chi connectivity index (χ3v) is 10.5. The fraction of sp³-hybridized carbons (Fsp3) is 0.958. The molecule has 33 heavy (non-hydrogen) atoms. The van der Waals surface area contributed by atoms with E-state index in [1.165, 1.54) is 0 Å². The smallest absolute Gasteiger partial charge is 0.393 e. The van der Waals surface area contributed by atoms with Gasteiger partial charge < -0.3 is 10.2 Å². The second-order valence-corrected chi connectivity index (χ2v) is 11.8. The van der Waals surface area contributed by atoms with E-state index in [1.54, 1.807) is 0 Å². The van der Waals surface area contributed by atoms with Crippen molar-refractivity contribution in [2.45, 2.75) is 102 Å². The van der Waals surface area contributed by atoms with Crippen LogP contribution in [0.15, 0.2) is 0 Å². The Morgan fingerprint density at radius 2 is 1.52 bits per heavy atom. The van der Waals surface area contributed by atoms with Crippen molar-refractivity contribution in [1.82, 2.24) is 0 Å². The van der Waals surface area contributed by atoms with Crippen LogP contribution in [0.1, 0.15) is 78.1 Å². The number of carbonyl (C=O) groups is 1. The second kappa shape index (κ2) is 7.84.